The van der Waals surface area contributed by atoms with Gasteiger partial charge in [-0.05, 0) is 26.7 Å². The van der Waals surface area contributed by atoms with Gasteiger partial charge in [0.15, 0.2) is 0 Å². The van der Waals surface area contributed by atoms with Crippen molar-refractivity contribution < 1.29 is 13.2 Å². The van der Waals surface area contributed by atoms with Gasteiger partial charge >= 0.3 is 0 Å². The van der Waals surface area contributed by atoms with Gasteiger partial charge in [-0.3, -0.25) is 0 Å². The molecule has 2 rings (SSSR count). The number of piperidine rings is 1. The van der Waals surface area contributed by atoms with Crippen LogP contribution in [0.5, 0.6) is 0 Å². The maximum Gasteiger partial charge on any atom is 0.282 e. The van der Waals surface area contributed by atoms with Crippen LogP contribution >= 0.6 is 0 Å². The van der Waals surface area contributed by atoms with Gasteiger partial charge in [0.2, 0.25) is 0 Å². The second kappa shape index (κ2) is 6.05. The molecule has 0 bridgehead atoms. The van der Waals surface area contributed by atoms with E-state index in [0.29, 0.717) is 26.2 Å². The third-order valence-corrected chi connectivity index (χ3v) is 6.16. The van der Waals surface area contributed by atoms with Crippen LogP contribution in [0, 0.1) is 0 Å². The Hall–Kier alpha value is -0.210. The van der Waals surface area contributed by atoms with Crippen molar-refractivity contribution in [1.29, 1.82) is 0 Å². The van der Waals surface area contributed by atoms with Gasteiger partial charge in [-0.1, -0.05) is 6.42 Å². The summed E-state index contributed by atoms with van der Waals surface area (Å²) in [6.07, 6.45) is 2.80. The van der Waals surface area contributed by atoms with Gasteiger partial charge in [-0.15, -0.1) is 0 Å². The van der Waals surface area contributed by atoms with E-state index in [-0.39, 0.29) is 18.2 Å². The van der Waals surface area contributed by atoms with E-state index in [9.17, 15) is 8.42 Å². The molecule has 2 aliphatic rings. The predicted octanol–water partition coefficient (Wildman–Crippen LogP) is 0.154. The summed E-state index contributed by atoms with van der Waals surface area (Å²) in [6, 6.07) is -0.161. The van der Waals surface area contributed by atoms with Crippen molar-refractivity contribution in [3.8, 4) is 0 Å². The van der Waals surface area contributed by atoms with Crippen molar-refractivity contribution >= 4 is 10.2 Å². The molecule has 0 amide bonds. The zero-order chi connectivity index (χ0) is 14.0. The molecule has 0 radical (unpaired) electrons. The van der Waals surface area contributed by atoms with Crippen LogP contribution in [0.1, 0.15) is 33.1 Å². The average molecular weight is 291 g/mol. The second-order valence-corrected chi connectivity index (χ2v) is 7.40. The summed E-state index contributed by atoms with van der Waals surface area (Å²) < 4.78 is 34.3. The molecular weight excluding hydrogens is 266 g/mol. The molecule has 2 saturated heterocycles. The molecular formula is C12H25N3O3S. The normalized spacial score (nSPS) is 35.4. The van der Waals surface area contributed by atoms with Crippen LogP contribution in [0.25, 0.3) is 0 Å². The van der Waals surface area contributed by atoms with Crippen LogP contribution in [0.4, 0.5) is 0 Å². The lowest BCUT2D eigenvalue weighted by molar-refractivity contribution is -0.0198. The van der Waals surface area contributed by atoms with Crippen LogP contribution in [0.2, 0.25) is 0 Å². The SMILES string of the molecule is C[C@@H]1CN(S(=O)(=O)N2CCCC[C@H]2CN)[C@@H](C)CO1. The summed E-state index contributed by atoms with van der Waals surface area (Å²) in [6.45, 7) is 5.67. The highest BCUT2D eigenvalue weighted by Crippen LogP contribution is 2.25. The Kier molecular flexibility index (Phi) is 4.84. The van der Waals surface area contributed by atoms with Crippen LogP contribution in [-0.2, 0) is 14.9 Å². The van der Waals surface area contributed by atoms with E-state index in [4.69, 9.17) is 10.5 Å². The predicted molar refractivity (Wildman–Crippen MR) is 73.9 cm³/mol. The van der Waals surface area contributed by atoms with Crippen molar-refractivity contribution in [2.75, 3.05) is 26.2 Å². The van der Waals surface area contributed by atoms with Crippen LogP contribution < -0.4 is 5.73 Å². The summed E-state index contributed by atoms with van der Waals surface area (Å²) in [7, 11) is -3.42. The molecule has 0 aliphatic carbocycles. The first-order valence-electron chi connectivity index (χ1n) is 7.07. The van der Waals surface area contributed by atoms with Crippen LogP contribution in [0.15, 0.2) is 0 Å². The highest BCUT2D eigenvalue weighted by Gasteiger charge is 2.40. The summed E-state index contributed by atoms with van der Waals surface area (Å²) in [5.74, 6) is 0. The van der Waals surface area contributed by atoms with Gasteiger partial charge in [0, 0.05) is 31.7 Å². The minimum Gasteiger partial charge on any atom is -0.375 e. The largest absolute Gasteiger partial charge is 0.375 e. The quantitative estimate of drug-likeness (QED) is 0.803. The number of ether oxygens (including phenoxy) is 1. The van der Waals surface area contributed by atoms with Crippen molar-refractivity contribution in [1.82, 2.24) is 8.61 Å². The van der Waals surface area contributed by atoms with E-state index in [1.807, 2.05) is 13.8 Å². The highest BCUT2D eigenvalue weighted by atomic mass is 32.2. The lowest BCUT2D eigenvalue weighted by atomic mass is 10.1. The van der Waals surface area contributed by atoms with Crippen LogP contribution in [-0.4, -0.2) is 61.5 Å². The van der Waals surface area contributed by atoms with E-state index in [0.717, 1.165) is 19.3 Å². The number of rotatable bonds is 3. The molecule has 0 aromatic heterocycles. The van der Waals surface area contributed by atoms with Crippen molar-refractivity contribution in [2.45, 2.75) is 51.3 Å². The lowest BCUT2D eigenvalue weighted by Crippen LogP contribution is -2.58. The van der Waals surface area contributed by atoms with Gasteiger partial charge in [0.05, 0.1) is 12.7 Å². The first-order chi connectivity index (χ1) is 8.96. The number of morpholine rings is 1. The average Bonchev–Trinajstić information content (AvgIpc) is 2.41. The smallest absolute Gasteiger partial charge is 0.282 e. The molecule has 2 aliphatic heterocycles. The molecule has 2 heterocycles. The monoisotopic (exact) mass is 291 g/mol. The molecule has 6 nitrogen and oxygen atoms in total. The Labute approximate surface area is 116 Å². The minimum absolute atomic E-state index is 0.0490. The molecule has 19 heavy (non-hydrogen) atoms. The van der Waals surface area contributed by atoms with E-state index in [1.165, 1.54) is 0 Å². The number of hydrogen-bond donors (Lipinski definition) is 1. The Morgan fingerprint density at radius 1 is 1.26 bits per heavy atom. The summed E-state index contributed by atoms with van der Waals surface area (Å²) in [4.78, 5) is 0. The molecule has 112 valence electrons. The molecule has 0 saturated carbocycles. The van der Waals surface area contributed by atoms with Crippen LogP contribution in [0.3, 0.4) is 0 Å². The summed E-state index contributed by atoms with van der Waals surface area (Å²) in [5.41, 5.74) is 5.73. The van der Waals surface area contributed by atoms with Gasteiger partial charge in [-0.25, -0.2) is 0 Å². The van der Waals surface area contributed by atoms with Crippen molar-refractivity contribution in [3.05, 3.63) is 0 Å². The molecule has 0 aromatic carbocycles. The fourth-order valence-corrected chi connectivity index (χ4v) is 4.95. The number of hydrogen-bond acceptors (Lipinski definition) is 4. The molecule has 7 heteroatoms. The zero-order valence-electron chi connectivity index (χ0n) is 11.8. The van der Waals surface area contributed by atoms with Gasteiger partial charge in [-0.2, -0.15) is 17.0 Å². The second-order valence-electron chi connectivity index (χ2n) is 5.57. The van der Waals surface area contributed by atoms with Gasteiger partial charge < -0.3 is 10.5 Å². The Balaban J connectivity index is 2.19. The molecule has 0 spiro atoms. The zero-order valence-corrected chi connectivity index (χ0v) is 12.6. The van der Waals surface area contributed by atoms with E-state index >= 15 is 0 Å². The summed E-state index contributed by atoms with van der Waals surface area (Å²) >= 11 is 0. The van der Waals surface area contributed by atoms with Crippen molar-refractivity contribution in [3.63, 3.8) is 0 Å². The number of nitrogens with two attached hydrogens (primary N) is 1. The molecule has 0 aromatic rings. The fourth-order valence-electron chi connectivity index (χ4n) is 2.84. The highest BCUT2D eigenvalue weighted by molar-refractivity contribution is 7.86. The third kappa shape index (κ3) is 3.11. The maximum absolute atomic E-state index is 12.8. The Morgan fingerprint density at radius 2 is 2.00 bits per heavy atom. The minimum atomic E-state index is -3.42. The first-order valence-corrected chi connectivity index (χ1v) is 8.46. The Morgan fingerprint density at radius 3 is 2.68 bits per heavy atom. The van der Waals surface area contributed by atoms with E-state index in [1.54, 1.807) is 8.61 Å². The molecule has 3 atom stereocenters. The fraction of sp³-hybridized carbons (Fsp3) is 1.00. The van der Waals surface area contributed by atoms with Crippen molar-refractivity contribution in [2.24, 2.45) is 5.73 Å². The third-order valence-electron chi connectivity index (χ3n) is 3.99. The molecule has 2 N–H and O–H groups in total. The van der Waals surface area contributed by atoms with E-state index in [2.05, 4.69) is 0 Å². The standard InChI is InChI=1S/C12H25N3O3S/c1-10-9-18-11(2)8-15(10)19(16,17)14-6-4-3-5-12(14)7-13/h10-12H,3-9,13H2,1-2H3/t10-,11+,12-/m0/s1. The number of nitrogens with zero attached hydrogens (tertiary/aromatic N) is 2. The van der Waals surface area contributed by atoms with E-state index < -0.39 is 10.2 Å². The first kappa shape index (κ1) is 15.2. The Bertz CT molecular complexity index is 393. The van der Waals surface area contributed by atoms with Gasteiger partial charge in [0.25, 0.3) is 10.2 Å². The molecule has 0 unspecified atom stereocenters. The maximum atomic E-state index is 12.8. The lowest BCUT2D eigenvalue weighted by Gasteiger charge is -2.42. The topological polar surface area (TPSA) is 75.9 Å². The van der Waals surface area contributed by atoms with Gasteiger partial charge in [0.1, 0.15) is 0 Å². The summed E-state index contributed by atoms with van der Waals surface area (Å²) in [5, 5.41) is 0. The molecule has 2 fully saturated rings.